The van der Waals surface area contributed by atoms with Gasteiger partial charge in [-0.3, -0.25) is 19.2 Å². The van der Waals surface area contributed by atoms with E-state index in [1.54, 1.807) is 29.8 Å². The smallest absolute Gasteiger partial charge is 0.243 e. The van der Waals surface area contributed by atoms with Crippen LogP contribution in [0.2, 0.25) is 0 Å². The molecule has 5 N–H and O–H groups in total. The molecule has 4 aliphatic rings. The fourth-order valence-electron chi connectivity index (χ4n) is 11.3. The molecule has 1 aromatic carbocycles. The number of carbonyl (C=O) groups is 4. The van der Waals surface area contributed by atoms with Crippen molar-refractivity contribution < 1.29 is 29.0 Å². The van der Waals surface area contributed by atoms with Crippen molar-refractivity contribution >= 4 is 29.3 Å². The summed E-state index contributed by atoms with van der Waals surface area (Å²) in [5.74, 6) is 3.50. The van der Waals surface area contributed by atoms with Gasteiger partial charge in [0.05, 0.1) is 19.3 Å². The number of fused-ring (bicyclic) bond motifs is 5. The first-order valence-corrected chi connectivity index (χ1v) is 21.9. The summed E-state index contributed by atoms with van der Waals surface area (Å²) in [6.07, 6.45) is 17.9. The molecule has 0 bridgehead atoms. The van der Waals surface area contributed by atoms with E-state index in [-0.39, 0.29) is 38.0 Å². The minimum absolute atomic E-state index is 0.0218. The van der Waals surface area contributed by atoms with E-state index in [2.05, 4.69) is 62.0 Å². The maximum Gasteiger partial charge on any atom is 0.243 e. The van der Waals surface area contributed by atoms with Crippen LogP contribution in [0.1, 0.15) is 137 Å². The van der Waals surface area contributed by atoms with E-state index in [9.17, 15) is 19.2 Å². The molecule has 10 nitrogen and oxygen atoms in total. The molecule has 10 heteroatoms. The Kier molecular flexibility index (Phi) is 15.6. The molecule has 4 amide bonds. The van der Waals surface area contributed by atoms with Gasteiger partial charge >= 0.3 is 0 Å². The van der Waals surface area contributed by atoms with Crippen LogP contribution in [0.3, 0.4) is 0 Å². The van der Waals surface area contributed by atoms with Crippen molar-refractivity contribution in [3.8, 4) is 0 Å². The van der Waals surface area contributed by atoms with Crippen LogP contribution in [-0.4, -0.2) is 60.6 Å². The molecule has 0 aliphatic heterocycles. The Morgan fingerprint density at radius 2 is 1.61 bits per heavy atom. The normalized spacial score (nSPS) is 29.2. The fourth-order valence-corrected chi connectivity index (χ4v) is 11.3. The molecule has 0 radical (unpaired) electrons. The lowest BCUT2D eigenvalue weighted by molar-refractivity contribution is -0.130. The highest BCUT2D eigenvalue weighted by atomic mass is 16.5. The van der Waals surface area contributed by atoms with Crippen LogP contribution in [0.15, 0.2) is 35.9 Å². The summed E-state index contributed by atoms with van der Waals surface area (Å²) in [5.41, 5.74) is 3.72. The Morgan fingerprint density at radius 1 is 0.857 bits per heavy atom. The van der Waals surface area contributed by atoms with Crippen molar-refractivity contribution in [1.82, 2.24) is 16.0 Å². The molecule has 3 saturated carbocycles. The summed E-state index contributed by atoms with van der Waals surface area (Å²) in [4.78, 5) is 49.4. The molecular formula is C46H72N4O6. The number of anilines is 1. The fraction of sp³-hybridized carbons (Fsp3) is 0.739. The predicted octanol–water partition coefficient (Wildman–Crippen LogP) is 7.45. The van der Waals surface area contributed by atoms with Crippen LogP contribution in [-0.2, 0) is 30.5 Å². The number of benzene rings is 1. The van der Waals surface area contributed by atoms with Gasteiger partial charge in [0.1, 0.15) is 6.04 Å². The maximum absolute atomic E-state index is 12.4. The zero-order valence-corrected chi connectivity index (χ0v) is 35.2. The first-order chi connectivity index (χ1) is 26.7. The lowest BCUT2D eigenvalue weighted by atomic mass is 9.47. The van der Waals surface area contributed by atoms with Gasteiger partial charge in [-0.15, -0.1) is 0 Å². The van der Waals surface area contributed by atoms with Gasteiger partial charge in [0, 0.05) is 31.7 Å². The number of aliphatic hydroxyl groups excluding tert-OH is 1. The predicted molar refractivity (Wildman–Crippen MR) is 221 cm³/mol. The maximum atomic E-state index is 12.4. The number of aliphatic hydroxyl groups is 1. The van der Waals surface area contributed by atoms with E-state index in [1.165, 1.54) is 64.7 Å². The molecule has 3 fully saturated rings. The zero-order chi connectivity index (χ0) is 40.5. The summed E-state index contributed by atoms with van der Waals surface area (Å²) in [7, 11) is 0. The third kappa shape index (κ3) is 11.0. The van der Waals surface area contributed by atoms with Crippen LogP contribution in [0, 0.1) is 46.3 Å². The number of ether oxygens (including phenoxy) is 1. The van der Waals surface area contributed by atoms with Gasteiger partial charge in [-0.2, -0.15) is 0 Å². The Labute approximate surface area is 336 Å². The first-order valence-electron chi connectivity index (χ1n) is 21.9. The van der Waals surface area contributed by atoms with Gasteiger partial charge in [-0.25, -0.2) is 0 Å². The number of carbonyl (C=O) groups excluding carboxylic acids is 4. The number of rotatable bonds is 19. The minimum atomic E-state index is -0.862. The molecule has 1 aromatic rings. The number of hydrogen-bond donors (Lipinski definition) is 5. The van der Waals surface area contributed by atoms with Crippen LogP contribution < -0.4 is 21.3 Å². The van der Waals surface area contributed by atoms with Gasteiger partial charge in [0.25, 0.3) is 0 Å². The number of nitrogens with one attached hydrogen (secondary N) is 4. The summed E-state index contributed by atoms with van der Waals surface area (Å²) in [6, 6.07) is 5.84. The van der Waals surface area contributed by atoms with Crippen molar-refractivity contribution in [3.05, 3.63) is 41.5 Å². The SMILES string of the molecule is CC(C)CCC[C@@H](C)[C@H]1CCC2[C@@H]3CC=C4C[C@@H](OCCCNC(=O)CCC(=O)N[C@@H](C)C(=O)NCC(=O)Nc5ccc(CO)cc5)CC[C@]4(C)C3CC[C@@]21C. The standard InChI is InChI=1S/C46H72N4O6/c1-30(2)9-7-10-31(3)38-17-18-39-37-16-13-34-27-36(21-23-45(34,5)40(37)22-24-46(38,39)6)56-26-8-25-47-41(52)19-20-42(53)49-32(4)44(55)48-28-43(54)50-35-14-11-33(29-51)12-15-35/h11-15,30-32,36-40,51H,7-10,16-29H2,1-6H3,(H,47,52)(H,48,55)(H,49,53)(H,50,54)/t31-,32+,36+,37+,38-,39?,40?,45+,46-/m1/s1. The summed E-state index contributed by atoms with van der Waals surface area (Å²) in [6.45, 7) is 14.8. The van der Waals surface area contributed by atoms with Gasteiger partial charge in [-0.05, 0) is 129 Å². The number of hydrogen-bond acceptors (Lipinski definition) is 6. The van der Waals surface area contributed by atoms with Crippen molar-refractivity contribution in [3.63, 3.8) is 0 Å². The monoisotopic (exact) mass is 777 g/mol. The lowest BCUT2D eigenvalue weighted by Gasteiger charge is -2.58. The van der Waals surface area contributed by atoms with Gasteiger partial charge in [-0.1, -0.05) is 77.7 Å². The molecule has 56 heavy (non-hydrogen) atoms. The van der Waals surface area contributed by atoms with E-state index in [4.69, 9.17) is 9.84 Å². The molecule has 4 aliphatic carbocycles. The largest absolute Gasteiger partial charge is 0.392 e. The molecule has 5 rings (SSSR count). The molecule has 0 heterocycles. The first kappa shape index (κ1) is 43.9. The van der Waals surface area contributed by atoms with E-state index < -0.39 is 23.8 Å². The third-order valence-corrected chi connectivity index (χ3v) is 14.5. The Bertz CT molecular complexity index is 1530. The highest BCUT2D eigenvalue weighted by Gasteiger charge is 2.59. The molecular weight excluding hydrogens is 705 g/mol. The Morgan fingerprint density at radius 3 is 2.34 bits per heavy atom. The highest BCUT2D eigenvalue weighted by molar-refractivity contribution is 5.96. The van der Waals surface area contributed by atoms with Crippen molar-refractivity contribution in [2.75, 3.05) is 25.0 Å². The topological polar surface area (TPSA) is 146 Å². The molecule has 9 atom stereocenters. The van der Waals surface area contributed by atoms with Crippen LogP contribution in [0.4, 0.5) is 5.69 Å². The van der Waals surface area contributed by atoms with Crippen molar-refractivity contribution in [1.29, 1.82) is 0 Å². The second-order valence-electron chi connectivity index (χ2n) is 18.6. The molecule has 2 unspecified atom stereocenters. The molecule has 0 aromatic heterocycles. The second kappa shape index (κ2) is 20.0. The summed E-state index contributed by atoms with van der Waals surface area (Å²) < 4.78 is 6.38. The van der Waals surface area contributed by atoms with Crippen molar-refractivity contribution in [2.45, 2.75) is 150 Å². The molecule has 312 valence electrons. The second-order valence-corrected chi connectivity index (χ2v) is 18.6. The van der Waals surface area contributed by atoms with Crippen LogP contribution in [0.25, 0.3) is 0 Å². The van der Waals surface area contributed by atoms with E-state index in [1.807, 2.05) is 0 Å². The number of amides is 4. The average molecular weight is 777 g/mol. The van der Waals surface area contributed by atoms with E-state index in [0.29, 0.717) is 36.1 Å². The zero-order valence-electron chi connectivity index (χ0n) is 35.2. The summed E-state index contributed by atoms with van der Waals surface area (Å²) >= 11 is 0. The van der Waals surface area contributed by atoms with Crippen molar-refractivity contribution in [2.24, 2.45) is 46.3 Å². The van der Waals surface area contributed by atoms with Crippen LogP contribution >= 0.6 is 0 Å². The average Bonchev–Trinajstić information content (AvgIpc) is 3.53. The Balaban J connectivity index is 0.947. The third-order valence-electron chi connectivity index (χ3n) is 14.5. The van der Waals surface area contributed by atoms with Crippen LogP contribution in [0.5, 0.6) is 0 Å². The van der Waals surface area contributed by atoms with Gasteiger partial charge < -0.3 is 31.1 Å². The Hall–Kier alpha value is -3.24. The quantitative estimate of drug-likeness (QED) is 0.0729. The lowest BCUT2D eigenvalue weighted by Crippen LogP contribution is -2.51. The van der Waals surface area contributed by atoms with E-state index in [0.717, 1.165) is 53.9 Å². The summed E-state index contributed by atoms with van der Waals surface area (Å²) in [5, 5.41) is 19.8. The minimum Gasteiger partial charge on any atom is -0.392 e. The highest BCUT2D eigenvalue weighted by Crippen LogP contribution is 2.67. The van der Waals surface area contributed by atoms with Gasteiger partial charge in [0.15, 0.2) is 0 Å². The van der Waals surface area contributed by atoms with Gasteiger partial charge in [0.2, 0.25) is 23.6 Å². The van der Waals surface area contributed by atoms with E-state index >= 15 is 0 Å². The molecule has 0 spiro atoms. The molecule has 0 saturated heterocycles. The number of allylic oxidation sites excluding steroid dienone is 1.